The standard InChI is InChI=1S/C19H34N6OS.HI/c1-5-20-18(23(4)14-17(26)24(6-2)7-3)21-11-10-16-15-27-19(22-16)25-12-8-9-13-25;/h15H,5-14H2,1-4H3,(H,20,21);1H. The van der Waals surface area contributed by atoms with Crippen molar-refractivity contribution in [2.24, 2.45) is 4.99 Å². The number of amides is 1. The highest BCUT2D eigenvalue weighted by molar-refractivity contribution is 14.0. The quantitative estimate of drug-likeness (QED) is 0.307. The van der Waals surface area contributed by atoms with Crippen molar-refractivity contribution >= 4 is 52.3 Å². The molecule has 2 heterocycles. The van der Waals surface area contributed by atoms with Gasteiger partial charge < -0.3 is 20.0 Å². The SMILES string of the molecule is CCNC(=NCCc1csc(N2CCCC2)n1)N(C)CC(=O)N(CC)CC.I. The molecular weight excluding hydrogens is 487 g/mol. The summed E-state index contributed by atoms with van der Waals surface area (Å²) in [5.74, 6) is 0.899. The maximum atomic E-state index is 12.3. The van der Waals surface area contributed by atoms with Gasteiger partial charge in [-0.3, -0.25) is 9.79 Å². The Balaban J connectivity index is 0.00000392. The molecule has 160 valence electrons. The van der Waals surface area contributed by atoms with Gasteiger partial charge in [0.15, 0.2) is 11.1 Å². The Morgan fingerprint density at radius 1 is 1.29 bits per heavy atom. The number of likely N-dealkylation sites (N-methyl/N-ethyl adjacent to an activating group) is 2. The molecule has 7 nitrogen and oxygen atoms in total. The molecule has 0 spiro atoms. The van der Waals surface area contributed by atoms with E-state index in [0.29, 0.717) is 13.1 Å². The van der Waals surface area contributed by atoms with Crippen molar-refractivity contribution in [3.05, 3.63) is 11.1 Å². The first-order chi connectivity index (χ1) is 13.1. The van der Waals surface area contributed by atoms with E-state index in [2.05, 4.69) is 15.6 Å². The Morgan fingerprint density at radius 2 is 1.96 bits per heavy atom. The molecule has 0 aliphatic carbocycles. The molecule has 2 rings (SSSR count). The Morgan fingerprint density at radius 3 is 2.57 bits per heavy atom. The lowest BCUT2D eigenvalue weighted by Crippen LogP contribution is -2.45. The van der Waals surface area contributed by atoms with E-state index in [1.165, 1.54) is 12.8 Å². The van der Waals surface area contributed by atoms with Crippen molar-refractivity contribution in [2.45, 2.75) is 40.0 Å². The van der Waals surface area contributed by atoms with Crippen LogP contribution in [0.3, 0.4) is 0 Å². The Bertz CT molecular complexity index is 613. The third-order valence-electron chi connectivity index (χ3n) is 4.73. The third-order valence-corrected chi connectivity index (χ3v) is 5.68. The van der Waals surface area contributed by atoms with Crippen LogP contribution in [-0.2, 0) is 11.2 Å². The number of hydrogen-bond acceptors (Lipinski definition) is 5. The second-order valence-electron chi connectivity index (χ2n) is 6.72. The average Bonchev–Trinajstić information content (AvgIpc) is 3.33. The number of nitrogens with one attached hydrogen (secondary N) is 1. The monoisotopic (exact) mass is 522 g/mol. The van der Waals surface area contributed by atoms with Crippen LogP contribution in [0.2, 0.25) is 0 Å². The molecule has 28 heavy (non-hydrogen) atoms. The summed E-state index contributed by atoms with van der Waals surface area (Å²) < 4.78 is 0. The fourth-order valence-electron chi connectivity index (χ4n) is 3.16. The number of guanidine groups is 1. The van der Waals surface area contributed by atoms with Crippen LogP contribution in [-0.4, -0.2) is 79.5 Å². The molecule has 1 fully saturated rings. The smallest absolute Gasteiger partial charge is 0.242 e. The molecule has 1 aliphatic rings. The first-order valence-corrected chi connectivity index (χ1v) is 10.9. The van der Waals surface area contributed by atoms with Crippen LogP contribution in [0.15, 0.2) is 10.4 Å². The summed E-state index contributed by atoms with van der Waals surface area (Å²) in [4.78, 5) is 27.9. The van der Waals surface area contributed by atoms with Crippen LogP contribution in [0.5, 0.6) is 0 Å². The topological polar surface area (TPSA) is 64.1 Å². The van der Waals surface area contributed by atoms with Crippen LogP contribution >= 0.6 is 35.3 Å². The van der Waals surface area contributed by atoms with Crippen molar-refractivity contribution in [3.8, 4) is 0 Å². The molecule has 0 aromatic carbocycles. The van der Waals surface area contributed by atoms with Crippen LogP contribution in [0.4, 0.5) is 5.13 Å². The van der Waals surface area contributed by atoms with Gasteiger partial charge in [-0.2, -0.15) is 0 Å². The molecule has 1 N–H and O–H groups in total. The number of carbonyl (C=O) groups is 1. The van der Waals surface area contributed by atoms with Gasteiger partial charge in [0.25, 0.3) is 0 Å². The lowest BCUT2D eigenvalue weighted by Gasteiger charge is -2.25. The zero-order valence-corrected chi connectivity index (χ0v) is 20.8. The molecule has 0 bridgehead atoms. The van der Waals surface area contributed by atoms with Crippen molar-refractivity contribution in [1.82, 2.24) is 20.1 Å². The van der Waals surface area contributed by atoms with Gasteiger partial charge in [-0.05, 0) is 33.6 Å². The summed E-state index contributed by atoms with van der Waals surface area (Å²) >= 11 is 1.73. The zero-order chi connectivity index (χ0) is 19.6. The highest BCUT2D eigenvalue weighted by Crippen LogP contribution is 2.24. The Hall–Kier alpha value is -1.10. The molecule has 1 aliphatic heterocycles. The van der Waals surface area contributed by atoms with Crippen molar-refractivity contribution in [1.29, 1.82) is 0 Å². The van der Waals surface area contributed by atoms with Crippen molar-refractivity contribution < 1.29 is 4.79 Å². The average molecular weight is 523 g/mol. The number of rotatable bonds is 9. The van der Waals surface area contributed by atoms with E-state index in [0.717, 1.165) is 55.9 Å². The predicted octanol–water partition coefficient (Wildman–Crippen LogP) is 2.67. The van der Waals surface area contributed by atoms with Gasteiger partial charge in [0.05, 0.1) is 12.2 Å². The van der Waals surface area contributed by atoms with Gasteiger partial charge in [-0.1, -0.05) is 0 Å². The van der Waals surface area contributed by atoms with Gasteiger partial charge in [0.2, 0.25) is 5.91 Å². The lowest BCUT2D eigenvalue weighted by atomic mass is 10.3. The van der Waals surface area contributed by atoms with Gasteiger partial charge >= 0.3 is 0 Å². The molecule has 1 aromatic rings. The third kappa shape index (κ3) is 7.38. The van der Waals surface area contributed by atoms with E-state index in [4.69, 9.17) is 9.98 Å². The summed E-state index contributed by atoms with van der Waals surface area (Å²) in [5, 5.41) is 6.56. The molecule has 1 aromatic heterocycles. The number of hydrogen-bond donors (Lipinski definition) is 1. The number of halogens is 1. The summed E-state index contributed by atoms with van der Waals surface area (Å²) in [6.45, 7) is 11.5. The highest BCUT2D eigenvalue weighted by Gasteiger charge is 2.16. The molecule has 1 amide bonds. The Kier molecular flexibility index (Phi) is 11.7. The minimum absolute atomic E-state index is 0. The lowest BCUT2D eigenvalue weighted by molar-refractivity contribution is -0.131. The Labute approximate surface area is 190 Å². The highest BCUT2D eigenvalue weighted by atomic mass is 127. The summed E-state index contributed by atoms with van der Waals surface area (Å²) in [7, 11) is 1.91. The van der Waals surface area contributed by atoms with E-state index in [1.54, 1.807) is 11.3 Å². The van der Waals surface area contributed by atoms with Crippen molar-refractivity contribution in [3.63, 3.8) is 0 Å². The number of carbonyl (C=O) groups excluding carboxylic acids is 1. The number of nitrogens with zero attached hydrogens (tertiary/aromatic N) is 5. The fourth-order valence-corrected chi connectivity index (χ4v) is 4.08. The zero-order valence-electron chi connectivity index (χ0n) is 17.6. The second-order valence-corrected chi connectivity index (χ2v) is 7.56. The first-order valence-electron chi connectivity index (χ1n) is 10.1. The number of aromatic nitrogens is 1. The van der Waals surface area contributed by atoms with E-state index in [9.17, 15) is 4.79 Å². The first kappa shape index (κ1) is 24.9. The molecule has 1 saturated heterocycles. The van der Waals surface area contributed by atoms with Gasteiger partial charge in [0, 0.05) is 58.1 Å². The van der Waals surface area contributed by atoms with Crippen LogP contribution < -0.4 is 10.2 Å². The van der Waals surface area contributed by atoms with E-state index < -0.39 is 0 Å². The minimum Gasteiger partial charge on any atom is -0.357 e. The molecule has 0 unspecified atom stereocenters. The maximum absolute atomic E-state index is 12.3. The minimum atomic E-state index is 0. The summed E-state index contributed by atoms with van der Waals surface area (Å²) in [6.07, 6.45) is 3.35. The normalized spacial score (nSPS) is 14.0. The van der Waals surface area contributed by atoms with Crippen LogP contribution in [0.1, 0.15) is 39.3 Å². The molecule has 0 atom stereocenters. The predicted molar refractivity (Wildman–Crippen MR) is 129 cm³/mol. The molecule has 9 heteroatoms. The van der Waals surface area contributed by atoms with Gasteiger partial charge in [-0.25, -0.2) is 4.98 Å². The maximum Gasteiger partial charge on any atom is 0.242 e. The second kappa shape index (κ2) is 13.2. The number of anilines is 1. The fraction of sp³-hybridized carbons (Fsp3) is 0.737. The summed E-state index contributed by atoms with van der Waals surface area (Å²) in [6, 6.07) is 0. The molecule has 0 radical (unpaired) electrons. The number of thiazole rings is 1. The van der Waals surface area contributed by atoms with Gasteiger partial charge in [0.1, 0.15) is 0 Å². The molecular formula is C19H35IN6OS. The van der Waals surface area contributed by atoms with Crippen molar-refractivity contribution in [2.75, 3.05) is 57.8 Å². The molecule has 0 saturated carbocycles. The van der Waals surface area contributed by atoms with E-state index in [1.807, 2.05) is 37.6 Å². The largest absolute Gasteiger partial charge is 0.357 e. The van der Waals surface area contributed by atoms with E-state index >= 15 is 0 Å². The van der Waals surface area contributed by atoms with Crippen LogP contribution in [0.25, 0.3) is 0 Å². The van der Waals surface area contributed by atoms with E-state index in [-0.39, 0.29) is 29.9 Å². The summed E-state index contributed by atoms with van der Waals surface area (Å²) in [5.41, 5.74) is 1.10. The van der Waals surface area contributed by atoms with Crippen LogP contribution in [0, 0.1) is 0 Å². The number of aliphatic imine (C=N–C) groups is 1. The van der Waals surface area contributed by atoms with Gasteiger partial charge in [-0.15, -0.1) is 35.3 Å².